The van der Waals surface area contributed by atoms with Gasteiger partial charge in [-0.1, -0.05) is 41.0 Å². The van der Waals surface area contributed by atoms with Crippen molar-refractivity contribution in [3.8, 4) is 0 Å². The highest BCUT2D eigenvalue weighted by Crippen LogP contribution is 1.96. The molecule has 1 atom stereocenters. The van der Waals surface area contributed by atoms with Crippen LogP contribution in [0.3, 0.4) is 0 Å². The van der Waals surface area contributed by atoms with E-state index in [0.717, 1.165) is 13.0 Å². The second-order valence-corrected chi connectivity index (χ2v) is 2.55. The normalized spacial score (nSPS) is 10.2. The Bertz CT molecular complexity index is 47.1. The summed E-state index contributed by atoms with van der Waals surface area (Å²) in [6.07, 6.45) is 2.34. The smallest absolute Gasteiger partial charge is 0.0971 e. The van der Waals surface area contributed by atoms with Crippen molar-refractivity contribution in [2.24, 2.45) is 0 Å². The second-order valence-electron chi connectivity index (χ2n) is 1.82. The molecule has 0 aromatic rings. The summed E-state index contributed by atoms with van der Waals surface area (Å²) in [7, 11) is 0. The largest absolute Gasteiger partial charge is 0.368 e. The first-order valence-corrected chi connectivity index (χ1v) is 5.58. The van der Waals surface area contributed by atoms with Gasteiger partial charge in [0, 0.05) is 6.61 Å². The first kappa shape index (κ1) is 18.2. The Balaban J connectivity index is -0.000000175. The highest BCUT2D eigenvalue weighted by atomic mass is 32.1. The zero-order chi connectivity index (χ0) is 10.4. The Morgan fingerprint density at radius 1 is 1.17 bits per heavy atom. The van der Waals surface area contributed by atoms with Crippen molar-refractivity contribution in [2.75, 3.05) is 6.61 Å². The summed E-state index contributed by atoms with van der Waals surface area (Å²) < 4.78 is 5.15. The molecule has 0 aromatic carbocycles. The third-order valence-corrected chi connectivity index (χ3v) is 1.01. The Morgan fingerprint density at radius 2 is 1.58 bits per heavy atom. The molecule has 12 heavy (non-hydrogen) atoms. The van der Waals surface area contributed by atoms with Crippen LogP contribution < -0.4 is 0 Å². The monoisotopic (exact) mass is 194 g/mol. The van der Waals surface area contributed by atoms with Crippen molar-refractivity contribution < 1.29 is 4.74 Å². The van der Waals surface area contributed by atoms with E-state index in [1.165, 1.54) is 6.42 Å². The van der Waals surface area contributed by atoms with Crippen molar-refractivity contribution in [3.63, 3.8) is 0 Å². The SMILES string of the molecule is CC.CC.CCCCOC(C)S. The molecule has 0 N–H and O–H groups in total. The van der Waals surface area contributed by atoms with Gasteiger partial charge in [-0.15, -0.1) is 12.6 Å². The van der Waals surface area contributed by atoms with Gasteiger partial charge < -0.3 is 4.74 Å². The number of ether oxygens (including phenoxy) is 1. The zero-order valence-electron chi connectivity index (χ0n) is 9.55. The molecule has 1 nitrogen and oxygen atoms in total. The van der Waals surface area contributed by atoms with Crippen LogP contribution in [-0.4, -0.2) is 12.0 Å². The molecule has 0 saturated carbocycles. The molecule has 0 aliphatic heterocycles. The minimum Gasteiger partial charge on any atom is -0.368 e. The van der Waals surface area contributed by atoms with Gasteiger partial charge in [-0.2, -0.15) is 0 Å². The average molecular weight is 194 g/mol. The first-order chi connectivity index (χ1) is 5.77. The summed E-state index contributed by atoms with van der Waals surface area (Å²) in [5, 5.41) is 0. The van der Waals surface area contributed by atoms with E-state index in [1.54, 1.807) is 0 Å². The molecule has 0 aromatic heterocycles. The van der Waals surface area contributed by atoms with Crippen LogP contribution in [0.1, 0.15) is 54.4 Å². The van der Waals surface area contributed by atoms with Crippen LogP contribution in [-0.2, 0) is 4.74 Å². The van der Waals surface area contributed by atoms with Gasteiger partial charge in [0.15, 0.2) is 0 Å². The molecule has 0 rings (SSSR count). The molecule has 0 saturated heterocycles. The molecule has 78 valence electrons. The fourth-order valence-corrected chi connectivity index (χ4v) is 0.504. The molecule has 0 heterocycles. The molecular weight excluding hydrogens is 168 g/mol. The minimum absolute atomic E-state index is 0.0987. The Morgan fingerprint density at radius 3 is 1.83 bits per heavy atom. The molecule has 0 fully saturated rings. The molecule has 0 amide bonds. The number of hydrogen-bond donors (Lipinski definition) is 1. The second kappa shape index (κ2) is 22.5. The van der Waals surface area contributed by atoms with Crippen LogP contribution >= 0.6 is 12.6 Å². The fourth-order valence-electron chi connectivity index (χ4n) is 0.398. The summed E-state index contributed by atoms with van der Waals surface area (Å²) >= 11 is 4.05. The molecule has 2 heteroatoms. The maximum Gasteiger partial charge on any atom is 0.0971 e. The van der Waals surface area contributed by atoms with Crippen LogP contribution in [0.5, 0.6) is 0 Å². The van der Waals surface area contributed by atoms with E-state index in [2.05, 4.69) is 19.6 Å². The van der Waals surface area contributed by atoms with Crippen LogP contribution in [0.15, 0.2) is 0 Å². The van der Waals surface area contributed by atoms with Gasteiger partial charge in [0.05, 0.1) is 5.44 Å². The molecule has 0 radical (unpaired) electrons. The molecule has 0 bridgehead atoms. The summed E-state index contributed by atoms with van der Waals surface area (Å²) in [4.78, 5) is 0. The molecule has 0 spiro atoms. The van der Waals surface area contributed by atoms with Crippen molar-refractivity contribution in [3.05, 3.63) is 0 Å². The van der Waals surface area contributed by atoms with E-state index >= 15 is 0 Å². The predicted molar refractivity (Wildman–Crippen MR) is 62.0 cm³/mol. The third kappa shape index (κ3) is 31.7. The Labute approximate surface area is 84.3 Å². The Kier molecular flexibility index (Phi) is 34.1. The minimum atomic E-state index is 0.0987. The van der Waals surface area contributed by atoms with Crippen molar-refractivity contribution in [1.82, 2.24) is 0 Å². The highest BCUT2D eigenvalue weighted by Gasteiger charge is 1.89. The predicted octanol–water partition coefficient (Wildman–Crippen LogP) is 4.13. The maximum absolute atomic E-state index is 5.15. The van der Waals surface area contributed by atoms with E-state index < -0.39 is 0 Å². The van der Waals surface area contributed by atoms with Crippen LogP contribution in [0.4, 0.5) is 0 Å². The van der Waals surface area contributed by atoms with Gasteiger partial charge in [0.2, 0.25) is 0 Å². The summed E-state index contributed by atoms with van der Waals surface area (Å²) in [5.74, 6) is 0. The molecule has 0 aliphatic carbocycles. The zero-order valence-corrected chi connectivity index (χ0v) is 10.4. The van der Waals surface area contributed by atoms with Gasteiger partial charge in [-0.25, -0.2) is 0 Å². The van der Waals surface area contributed by atoms with Crippen molar-refractivity contribution in [1.29, 1.82) is 0 Å². The van der Waals surface area contributed by atoms with E-state index in [-0.39, 0.29) is 5.44 Å². The molecule has 1 unspecified atom stereocenters. The third-order valence-electron chi connectivity index (χ3n) is 0.857. The topological polar surface area (TPSA) is 9.23 Å². The summed E-state index contributed by atoms with van der Waals surface area (Å²) in [6, 6.07) is 0. The molecular formula is C10H26OS. The van der Waals surface area contributed by atoms with Crippen LogP contribution in [0.25, 0.3) is 0 Å². The number of thiol groups is 1. The van der Waals surface area contributed by atoms with E-state index in [9.17, 15) is 0 Å². The van der Waals surface area contributed by atoms with Gasteiger partial charge in [0.1, 0.15) is 0 Å². The number of unbranched alkanes of at least 4 members (excludes halogenated alkanes) is 1. The average Bonchev–Trinajstić information content (AvgIpc) is 2.12. The summed E-state index contributed by atoms with van der Waals surface area (Å²) in [5.41, 5.74) is 0.0987. The van der Waals surface area contributed by atoms with Gasteiger partial charge >= 0.3 is 0 Å². The van der Waals surface area contributed by atoms with E-state index in [0.29, 0.717) is 0 Å². The van der Waals surface area contributed by atoms with Crippen molar-refractivity contribution in [2.45, 2.75) is 59.8 Å². The lowest BCUT2D eigenvalue weighted by Crippen LogP contribution is -2.00. The maximum atomic E-state index is 5.15. The van der Waals surface area contributed by atoms with E-state index in [4.69, 9.17) is 4.74 Å². The standard InChI is InChI=1S/C6H14OS.2C2H6/c1-3-4-5-7-6(2)8;2*1-2/h6,8H,3-5H2,1-2H3;2*1-2H3. The lowest BCUT2D eigenvalue weighted by atomic mass is 10.4. The first-order valence-electron chi connectivity index (χ1n) is 5.07. The lowest BCUT2D eigenvalue weighted by Gasteiger charge is -2.03. The van der Waals surface area contributed by atoms with Gasteiger partial charge in [-0.3, -0.25) is 0 Å². The number of hydrogen-bond acceptors (Lipinski definition) is 2. The van der Waals surface area contributed by atoms with Gasteiger partial charge in [0.25, 0.3) is 0 Å². The number of rotatable bonds is 4. The lowest BCUT2D eigenvalue weighted by molar-refractivity contribution is 0.122. The molecule has 0 aliphatic rings. The van der Waals surface area contributed by atoms with E-state index in [1.807, 2.05) is 34.6 Å². The quantitative estimate of drug-likeness (QED) is 0.402. The van der Waals surface area contributed by atoms with Gasteiger partial charge in [-0.05, 0) is 13.3 Å². The Hall–Kier alpha value is 0.310. The van der Waals surface area contributed by atoms with Crippen LogP contribution in [0.2, 0.25) is 0 Å². The highest BCUT2D eigenvalue weighted by molar-refractivity contribution is 7.80. The fraction of sp³-hybridized carbons (Fsp3) is 1.00. The van der Waals surface area contributed by atoms with Crippen molar-refractivity contribution >= 4 is 12.6 Å². The van der Waals surface area contributed by atoms with Crippen LogP contribution in [0, 0.1) is 0 Å². The summed E-state index contributed by atoms with van der Waals surface area (Å²) in [6.45, 7) is 12.9.